The summed E-state index contributed by atoms with van der Waals surface area (Å²) in [5, 5.41) is 9.42. The van der Waals surface area contributed by atoms with Gasteiger partial charge in [-0.1, -0.05) is 0 Å². The zero-order valence-corrected chi connectivity index (χ0v) is 8.44. The summed E-state index contributed by atoms with van der Waals surface area (Å²) in [7, 11) is 0. The SMILES string of the molecule is CC(=O)NCNC1(C)CCNCC1. The normalized spacial score (nSPS) is 21.1. The number of amides is 1. The van der Waals surface area contributed by atoms with Crippen LogP contribution in [0.25, 0.3) is 0 Å². The predicted molar refractivity (Wildman–Crippen MR) is 52.3 cm³/mol. The lowest BCUT2D eigenvalue weighted by atomic mass is 9.91. The van der Waals surface area contributed by atoms with E-state index in [4.69, 9.17) is 0 Å². The van der Waals surface area contributed by atoms with Crippen LogP contribution in [0.2, 0.25) is 0 Å². The molecule has 1 saturated heterocycles. The molecule has 0 unspecified atom stereocenters. The lowest BCUT2D eigenvalue weighted by molar-refractivity contribution is -0.119. The van der Waals surface area contributed by atoms with Crippen molar-refractivity contribution in [3.8, 4) is 0 Å². The quantitative estimate of drug-likeness (QED) is 0.534. The van der Waals surface area contributed by atoms with Crippen LogP contribution in [0.15, 0.2) is 0 Å². The first-order valence-electron chi connectivity index (χ1n) is 4.83. The van der Waals surface area contributed by atoms with Gasteiger partial charge in [-0.2, -0.15) is 0 Å². The van der Waals surface area contributed by atoms with E-state index in [-0.39, 0.29) is 11.4 Å². The zero-order chi connectivity index (χ0) is 9.73. The van der Waals surface area contributed by atoms with Gasteiger partial charge >= 0.3 is 0 Å². The first-order valence-corrected chi connectivity index (χ1v) is 4.83. The molecule has 1 fully saturated rings. The van der Waals surface area contributed by atoms with Crippen LogP contribution in [-0.4, -0.2) is 31.2 Å². The Balaban J connectivity index is 2.21. The molecule has 1 rings (SSSR count). The van der Waals surface area contributed by atoms with E-state index in [2.05, 4.69) is 22.9 Å². The molecule has 1 amide bonds. The smallest absolute Gasteiger partial charge is 0.217 e. The van der Waals surface area contributed by atoms with E-state index >= 15 is 0 Å². The van der Waals surface area contributed by atoms with Gasteiger partial charge in [0.25, 0.3) is 0 Å². The lowest BCUT2D eigenvalue weighted by Gasteiger charge is -2.35. The summed E-state index contributed by atoms with van der Waals surface area (Å²) in [6.07, 6.45) is 2.24. The summed E-state index contributed by atoms with van der Waals surface area (Å²) in [6, 6.07) is 0. The number of carbonyl (C=O) groups is 1. The van der Waals surface area contributed by atoms with Crippen molar-refractivity contribution in [1.82, 2.24) is 16.0 Å². The molecule has 13 heavy (non-hydrogen) atoms. The molecule has 1 heterocycles. The molecular weight excluding hydrogens is 166 g/mol. The molecule has 0 aliphatic carbocycles. The maximum atomic E-state index is 10.6. The van der Waals surface area contributed by atoms with Crippen LogP contribution in [-0.2, 0) is 4.79 Å². The number of nitrogens with one attached hydrogen (secondary N) is 3. The van der Waals surface area contributed by atoms with E-state index < -0.39 is 0 Å². The first kappa shape index (κ1) is 10.5. The molecule has 0 aromatic rings. The minimum atomic E-state index is 0.0186. The maximum Gasteiger partial charge on any atom is 0.217 e. The fourth-order valence-corrected chi connectivity index (χ4v) is 1.54. The minimum absolute atomic E-state index is 0.0186. The topological polar surface area (TPSA) is 53.2 Å². The van der Waals surface area contributed by atoms with E-state index in [1.165, 1.54) is 6.92 Å². The first-order chi connectivity index (χ1) is 6.12. The van der Waals surface area contributed by atoms with Gasteiger partial charge in [0.1, 0.15) is 0 Å². The van der Waals surface area contributed by atoms with Crippen molar-refractivity contribution in [3.05, 3.63) is 0 Å². The maximum absolute atomic E-state index is 10.6. The highest BCUT2D eigenvalue weighted by molar-refractivity contribution is 5.72. The van der Waals surface area contributed by atoms with Crippen molar-refractivity contribution >= 4 is 5.91 Å². The predicted octanol–water partition coefficient (Wildman–Crippen LogP) is -0.188. The van der Waals surface area contributed by atoms with Crippen molar-refractivity contribution in [2.24, 2.45) is 0 Å². The summed E-state index contributed by atoms with van der Waals surface area (Å²) in [5.41, 5.74) is 0.188. The summed E-state index contributed by atoms with van der Waals surface area (Å²) < 4.78 is 0. The van der Waals surface area contributed by atoms with Crippen LogP contribution in [0.4, 0.5) is 0 Å². The molecule has 4 heteroatoms. The second-order valence-corrected chi connectivity index (χ2v) is 3.90. The molecule has 76 valence electrons. The minimum Gasteiger partial charge on any atom is -0.344 e. The molecule has 0 spiro atoms. The van der Waals surface area contributed by atoms with E-state index in [1.54, 1.807) is 0 Å². The van der Waals surface area contributed by atoms with Crippen molar-refractivity contribution in [3.63, 3.8) is 0 Å². The second kappa shape index (κ2) is 4.58. The average molecular weight is 185 g/mol. The summed E-state index contributed by atoms with van der Waals surface area (Å²) in [4.78, 5) is 10.6. The zero-order valence-electron chi connectivity index (χ0n) is 8.44. The average Bonchev–Trinajstić information content (AvgIpc) is 2.04. The molecule has 1 aliphatic rings. The summed E-state index contributed by atoms with van der Waals surface area (Å²) in [5.74, 6) is 0.0186. The highest BCUT2D eigenvalue weighted by Crippen LogP contribution is 2.15. The van der Waals surface area contributed by atoms with E-state index in [0.717, 1.165) is 25.9 Å². The van der Waals surface area contributed by atoms with Crippen molar-refractivity contribution in [2.45, 2.75) is 32.2 Å². The molecule has 0 saturated carbocycles. The molecule has 0 atom stereocenters. The third kappa shape index (κ3) is 3.74. The molecule has 0 aromatic heterocycles. The standard InChI is InChI=1S/C9H19N3O/c1-8(13)11-7-12-9(2)3-5-10-6-4-9/h10,12H,3-7H2,1-2H3,(H,11,13). The lowest BCUT2D eigenvalue weighted by Crippen LogP contribution is -2.53. The van der Waals surface area contributed by atoms with Crippen LogP contribution < -0.4 is 16.0 Å². The van der Waals surface area contributed by atoms with Crippen LogP contribution >= 0.6 is 0 Å². The Morgan fingerprint density at radius 3 is 2.62 bits per heavy atom. The van der Waals surface area contributed by atoms with E-state index in [1.807, 2.05) is 0 Å². The molecule has 0 aromatic carbocycles. The Bertz CT molecular complexity index is 176. The summed E-state index contributed by atoms with van der Waals surface area (Å²) >= 11 is 0. The van der Waals surface area contributed by atoms with Crippen LogP contribution in [0, 0.1) is 0 Å². The number of rotatable bonds is 3. The van der Waals surface area contributed by atoms with Gasteiger partial charge in [0.15, 0.2) is 0 Å². The molecule has 0 radical (unpaired) electrons. The monoisotopic (exact) mass is 185 g/mol. The van der Waals surface area contributed by atoms with Crippen LogP contribution in [0.3, 0.4) is 0 Å². The van der Waals surface area contributed by atoms with Crippen molar-refractivity contribution in [1.29, 1.82) is 0 Å². The van der Waals surface area contributed by atoms with Gasteiger partial charge in [-0.3, -0.25) is 10.1 Å². The number of hydrogen-bond acceptors (Lipinski definition) is 3. The van der Waals surface area contributed by atoms with Crippen LogP contribution in [0.1, 0.15) is 26.7 Å². The highest BCUT2D eigenvalue weighted by atomic mass is 16.1. The van der Waals surface area contributed by atoms with Gasteiger partial charge in [-0.05, 0) is 32.9 Å². The Morgan fingerprint density at radius 1 is 1.46 bits per heavy atom. The third-order valence-corrected chi connectivity index (χ3v) is 2.56. The Morgan fingerprint density at radius 2 is 2.08 bits per heavy atom. The molecule has 4 nitrogen and oxygen atoms in total. The van der Waals surface area contributed by atoms with Gasteiger partial charge in [0, 0.05) is 12.5 Å². The molecule has 0 bridgehead atoms. The fraction of sp³-hybridized carbons (Fsp3) is 0.889. The summed E-state index contributed by atoms with van der Waals surface area (Å²) in [6.45, 7) is 6.43. The van der Waals surface area contributed by atoms with Crippen molar-refractivity contribution < 1.29 is 4.79 Å². The molecule has 3 N–H and O–H groups in total. The van der Waals surface area contributed by atoms with Crippen LogP contribution in [0.5, 0.6) is 0 Å². The Hall–Kier alpha value is -0.610. The Kier molecular flexibility index (Phi) is 3.69. The number of carbonyl (C=O) groups excluding carboxylic acids is 1. The highest BCUT2D eigenvalue weighted by Gasteiger charge is 2.25. The van der Waals surface area contributed by atoms with Crippen molar-refractivity contribution in [2.75, 3.05) is 19.8 Å². The largest absolute Gasteiger partial charge is 0.344 e. The van der Waals surface area contributed by atoms with Gasteiger partial charge in [-0.25, -0.2) is 0 Å². The second-order valence-electron chi connectivity index (χ2n) is 3.90. The third-order valence-electron chi connectivity index (χ3n) is 2.56. The number of hydrogen-bond donors (Lipinski definition) is 3. The Labute approximate surface area is 79.5 Å². The molecule has 1 aliphatic heterocycles. The van der Waals surface area contributed by atoms with E-state index in [0.29, 0.717) is 6.67 Å². The van der Waals surface area contributed by atoms with E-state index in [9.17, 15) is 4.79 Å². The fourth-order valence-electron chi connectivity index (χ4n) is 1.54. The molecular formula is C9H19N3O. The van der Waals surface area contributed by atoms with Gasteiger partial charge < -0.3 is 10.6 Å². The van der Waals surface area contributed by atoms with Gasteiger partial charge in [-0.15, -0.1) is 0 Å². The number of piperidine rings is 1. The van der Waals surface area contributed by atoms with Gasteiger partial charge in [0.2, 0.25) is 5.91 Å². The van der Waals surface area contributed by atoms with Gasteiger partial charge in [0.05, 0.1) is 6.67 Å².